The molecule has 98 valence electrons. The molecule has 0 saturated carbocycles. The minimum absolute atomic E-state index is 0.166. The number of carbonyl (C=O) groups is 1. The van der Waals surface area contributed by atoms with E-state index in [1.54, 1.807) is 0 Å². The molecule has 1 amide bonds. The molecule has 0 aliphatic rings. The molecule has 1 aromatic carbocycles. The maximum absolute atomic E-state index is 11.6. The first-order valence-corrected chi connectivity index (χ1v) is 7.03. The zero-order chi connectivity index (χ0) is 13.7. The largest absolute Gasteiger partial charge is 0.456 e. The second-order valence-corrected chi connectivity index (χ2v) is 5.25. The number of carbonyl (C=O) groups excluding carboxylic acids is 1. The zero-order valence-electron chi connectivity index (χ0n) is 9.77. The molecule has 0 aliphatic carbocycles. The molecule has 1 aromatic heterocycles. The highest BCUT2D eigenvalue weighted by Crippen LogP contribution is 2.27. The first-order chi connectivity index (χ1) is 9.16. The van der Waals surface area contributed by atoms with Crippen LogP contribution >= 0.6 is 31.9 Å². The monoisotopic (exact) mass is 384 g/mol. The maximum atomic E-state index is 11.6. The molecule has 2 rings (SSSR count). The number of benzene rings is 1. The molecule has 19 heavy (non-hydrogen) atoms. The first kappa shape index (κ1) is 14.0. The molecule has 0 unspecified atom stereocenters. The van der Waals surface area contributed by atoms with Crippen molar-refractivity contribution >= 4 is 44.0 Å². The fraction of sp³-hybridized carbons (Fsp3) is 0.0769. The third-order valence-corrected chi connectivity index (χ3v) is 4.25. The maximum Gasteiger partial charge on any atom is 0.244 e. The van der Waals surface area contributed by atoms with Gasteiger partial charge in [-0.15, -0.1) is 0 Å². The van der Waals surface area contributed by atoms with Crippen LogP contribution in [0.15, 0.2) is 55.3 Å². The second kappa shape index (κ2) is 6.68. The van der Waals surface area contributed by atoms with Gasteiger partial charge in [0.2, 0.25) is 5.91 Å². The van der Waals surface area contributed by atoms with Gasteiger partial charge in [-0.2, -0.15) is 5.10 Å². The van der Waals surface area contributed by atoms with Crippen molar-refractivity contribution in [1.82, 2.24) is 5.43 Å². The zero-order valence-corrected chi connectivity index (χ0v) is 12.9. The Morgan fingerprint density at radius 3 is 2.68 bits per heavy atom. The van der Waals surface area contributed by atoms with Gasteiger partial charge in [0.1, 0.15) is 6.26 Å². The summed E-state index contributed by atoms with van der Waals surface area (Å²) < 4.78 is 6.46. The van der Waals surface area contributed by atoms with Crippen LogP contribution in [0, 0.1) is 0 Å². The highest BCUT2D eigenvalue weighted by atomic mass is 79.9. The molecule has 1 heterocycles. The molecule has 0 atom stereocenters. The molecule has 0 aliphatic heterocycles. The second-order valence-electron chi connectivity index (χ2n) is 3.73. The number of nitrogens with zero attached hydrogens (tertiary/aromatic N) is 1. The third kappa shape index (κ3) is 4.04. The lowest BCUT2D eigenvalue weighted by Gasteiger charge is -1.99. The lowest BCUT2D eigenvalue weighted by Crippen LogP contribution is -2.19. The molecule has 0 fully saturated rings. The van der Waals surface area contributed by atoms with Crippen LogP contribution in [0.4, 0.5) is 0 Å². The van der Waals surface area contributed by atoms with Crippen LogP contribution in [0.25, 0.3) is 0 Å². The van der Waals surface area contributed by atoms with Gasteiger partial charge in [0.25, 0.3) is 0 Å². The molecule has 4 nitrogen and oxygen atoms in total. The van der Waals surface area contributed by atoms with E-state index < -0.39 is 0 Å². The van der Waals surface area contributed by atoms with Crippen molar-refractivity contribution in [3.8, 4) is 0 Å². The van der Waals surface area contributed by atoms with Gasteiger partial charge < -0.3 is 4.42 Å². The Kier molecular flexibility index (Phi) is 4.93. The summed E-state index contributed by atoms with van der Waals surface area (Å²) in [6, 6.07) is 9.49. The summed E-state index contributed by atoms with van der Waals surface area (Å²) in [5.74, 6) is -0.166. The van der Waals surface area contributed by atoms with Gasteiger partial charge in [0, 0.05) is 5.56 Å². The van der Waals surface area contributed by atoms with Crippen molar-refractivity contribution in [2.75, 3.05) is 0 Å². The topological polar surface area (TPSA) is 54.6 Å². The smallest absolute Gasteiger partial charge is 0.244 e. The van der Waals surface area contributed by atoms with Crippen LogP contribution in [0.2, 0.25) is 0 Å². The normalized spacial score (nSPS) is 10.8. The van der Waals surface area contributed by atoms with Crippen molar-refractivity contribution in [3.63, 3.8) is 0 Å². The Morgan fingerprint density at radius 1 is 1.32 bits per heavy atom. The molecule has 0 radical (unpaired) electrons. The lowest BCUT2D eigenvalue weighted by atomic mass is 10.1. The Bertz CT molecular complexity index is 594. The van der Waals surface area contributed by atoms with Crippen LogP contribution in [0.5, 0.6) is 0 Å². The standard InChI is InChI=1S/C13H10Br2N2O2/c14-12-10(8-19-13(12)15)7-16-17-11(18)6-9-4-2-1-3-5-9/h1-5,7-8H,6H2,(H,17,18)/b16-7-. The Hall–Kier alpha value is -1.40. The molecule has 6 heteroatoms. The van der Waals surface area contributed by atoms with Gasteiger partial charge in [0.05, 0.1) is 17.1 Å². The molecule has 0 saturated heterocycles. The minimum Gasteiger partial charge on any atom is -0.456 e. The summed E-state index contributed by atoms with van der Waals surface area (Å²) in [6.07, 6.45) is 3.34. The number of rotatable bonds is 4. The van der Waals surface area contributed by atoms with Crippen molar-refractivity contribution in [2.45, 2.75) is 6.42 Å². The van der Waals surface area contributed by atoms with E-state index in [1.807, 2.05) is 30.3 Å². The van der Waals surface area contributed by atoms with Crippen LogP contribution < -0.4 is 5.43 Å². The number of hydrazone groups is 1. The predicted octanol–water partition coefficient (Wildman–Crippen LogP) is 3.50. The fourth-order valence-electron chi connectivity index (χ4n) is 1.41. The third-order valence-electron chi connectivity index (χ3n) is 2.32. The summed E-state index contributed by atoms with van der Waals surface area (Å²) in [5, 5.41) is 3.88. The Morgan fingerprint density at radius 2 is 2.05 bits per heavy atom. The Labute approximate surface area is 127 Å². The summed E-state index contributed by atoms with van der Waals surface area (Å²) in [4.78, 5) is 11.6. The average molecular weight is 386 g/mol. The van der Waals surface area contributed by atoms with E-state index >= 15 is 0 Å². The number of nitrogens with one attached hydrogen (secondary N) is 1. The fourth-order valence-corrected chi connectivity index (χ4v) is 2.03. The number of amides is 1. The van der Waals surface area contributed by atoms with E-state index in [1.165, 1.54) is 12.5 Å². The van der Waals surface area contributed by atoms with Crippen LogP contribution in [-0.4, -0.2) is 12.1 Å². The van der Waals surface area contributed by atoms with Gasteiger partial charge in [-0.05, 0) is 37.4 Å². The molecule has 2 aromatic rings. The highest BCUT2D eigenvalue weighted by Gasteiger charge is 2.06. The van der Waals surface area contributed by atoms with Gasteiger partial charge in [-0.1, -0.05) is 30.3 Å². The number of hydrogen-bond donors (Lipinski definition) is 1. The SMILES string of the molecule is O=C(Cc1ccccc1)N/N=C\c1coc(Br)c1Br. The van der Waals surface area contributed by atoms with E-state index in [9.17, 15) is 4.79 Å². The predicted molar refractivity (Wildman–Crippen MR) is 80.0 cm³/mol. The van der Waals surface area contributed by atoms with Crippen molar-refractivity contribution in [2.24, 2.45) is 5.10 Å². The summed E-state index contributed by atoms with van der Waals surface area (Å²) in [6.45, 7) is 0. The quantitative estimate of drug-likeness (QED) is 0.646. The van der Waals surface area contributed by atoms with Gasteiger partial charge in [0.15, 0.2) is 4.67 Å². The number of halogens is 2. The summed E-state index contributed by atoms with van der Waals surface area (Å²) >= 11 is 6.55. The van der Waals surface area contributed by atoms with Crippen molar-refractivity contribution < 1.29 is 9.21 Å². The molecular weight excluding hydrogens is 376 g/mol. The first-order valence-electron chi connectivity index (χ1n) is 5.45. The van der Waals surface area contributed by atoms with Crippen molar-refractivity contribution in [1.29, 1.82) is 0 Å². The number of hydrogen-bond acceptors (Lipinski definition) is 3. The summed E-state index contributed by atoms with van der Waals surface area (Å²) in [7, 11) is 0. The van der Waals surface area contributed by atoms with Gasteiger partial charge in [-0.3, -0.25) is 4.79 Å². The van der Waals surface area contributed by atoms with E-state index in [2.05, 4.69) is 42.4 Å². The minimum atomic E-state index is -0.166. The molecule has 0 bridgehead atoms. The molecule has 0 spiro atoms. The van der Waals surface area contributed by atoms with E-state index in [0.29, 0.717) is 11.1 Å². The average Bonchev–Trinajstić information content (AvgIpc) is 2.72. The van der Waals surface area contributed by atoms with Crippen LogP contribution in [0.3, 0.4) is 0 Å². The summed E-state index contributed by atoms with van der Waals surface area (Å²) in [5.41, 5.74) is 4.16. The highest BCUT2D eigenvalue weighted by molar-refractivity contribution is 9.13. The van der Waals surface area contributed by atoms with Gasteiger partial charge in [-0.25, -0.2) is 5.43 Å². The van der Waals surface area contributed by atoms with Crippen molar-refractivity contribution in [3.05, 3.63) is 56.9 Å². The number of furan rings is 1. The van der Waals surface area contributed by atoms with Crippen LogP contribution in [-0.2, 0) is 11.2 Å². The van der Waals surface area contributed by atoms with E-state index in [4.69, 9.17) is 4.42 Å². The van der Waals surface area contributed by atoms with E-state index in [-0.39, 0.29) is 5.91 Å². The molecular formula is C13H10Br2N2O2. The lowest BCUT2D eigenvalue weighted by molar-refractivity contribution is -0.120. The molecule has 1 N–H and O–H groups in total. The van der Waals surface area contributed by atoms with Gasteiger partial charge >= 0.3 is 0 Å². The Balaban J connectivity index is 1.89. The van der Waals surface area contributed by atoms with Crippen LogP contribution in [0.1, 0.15) is 11.1 Å². The van der Waals surface area contributed by atoms with E-state index in [0.717, 1.165) is 15.6 Å².